The van der Waals surface area contributed by atoms with Crippen LogP contribution in [0, 0.1) is 0 Å². The zero-order valence-electron chi connectivity index (χ0n) is 14.6. The summed E-state index contributed by atoms with van der Waals surface area (Å²) in [6, 6.07) is 11.8. The van der Waals surface area contributed by atoms with Crippen LogP contribution in [0.1, 0.15) is 11.1 Å². The highest BCUT2D eigenvalue weighted by atomic mass is 32.2. The third kappa shape index (κ3) is 3.66. The fourth-order valence-electron chi connectivity index (χ4n) is 2.88. The number of nitrogens with one attached hydrogen (secondary N) is 1. The van der Waals surface area contributed by atoms with Crippen molar-refractivity contribution >= 4 is 21.8 Å². The van der Waals surface area contributed by atoms with Crippen molar-refractivity contribution < 1.29 is 22.7 Å². The van der Waals surface area contributed by atoms with Crippen LogP contribution in [-0.4, -0.2) is 39.6 Å². The fourth-order valence-corrected chi connectivity index (χ4v) is 4.30. The number of carbonyl (C=O) groups excluding carboxylic acids is 1. The molecule has 1 N–H and O–H groups in total. The van der Waals surface area contributed by atoms with Crippen molar-refractivity contribution in [2.45, 2.75) is 17.9 Å². The number of anilines is 1. The van der Waals surface area contributed by atoms with E-state index in [1.165, 1.54) is 18.5 Å². The summed E-state index contributed by atoms with van der Waals surface area (Å²) < 4.78 is 36.9. The molecule has 138 valence electrons. The van der Waals surface area contributed by atoms with Crippen molar-refractivity contribution in [2.75, 3.05) is 26.1 Å². The van der Waals surface area contributed by atoms with E-state index in [0.717, 1.165) is 11.1 Å². The monoisotopic (exact) mass is 376 g/mol. The Balaban J connectivity index is 1.83. The molecule has 0 aliphatic carbocycles. The first-order chi connectivity index (χ1) is 12.4. The van der Waals surface area contributed by atoms with E-state index in [1.807, 2.05) is 6.07 Å². The molecular weight excluding hydrogens is 356 g/mol. The minimum Gasteiger partial charge on any atom is -0.497 e. The third-order valence-electron chi connectivity index (χ3n) is 4.31. The molecule has 0 saturated carbocycles. The Hall–Kier alpha value is -2.58. The van der Waals surface area contributed by atoms with E-state index in [0.29, 0.717) is 24.4 Å². The smallest absolute Gasteiger partial charge is 0.411 e. The van der Waals surface area contributed by atoms with Crippen LogP contribution >= 0.6 is 0 Å². The Morgan fingerprint density at radius 3 is 2.46 bits per heavy atom. The van der Waals surface area contributed by atoms with Gasteiger partial charge in [-0.05, 0) is 53.9 Å². The lowest BCUT2D eigenvalue weighted by Gasteiger charge is -2.28. The molecule has 1 aliphatic heterocycles. The number of hydrogen-bond donors (Lipinski definition) is 1. The van der Waals surface area contributed by atoms with Crippen molar-refractivity contribution in [3.8, 4) is 5.75 Å². The van der Waals surface area contributed by atoms with Crippen molar-refractivity contribution in [3.63, 3.8) is 0 Å². The summed E-state index contributed by atoms with van der Waals surface area (Å²) in [5.41, 5.74) is 2.50. The molecule has 0 spiro atoms. The summed E-state index contributed by atoms with van der Waals surface area (Å²) in [5.74, 6) is 0.603. The van der Waals surface area contributed by atoms with Crippen LogP contribution in [0.4, 0.5) is 10.5 Å². The largest absolute Gasteiger partial charge is 0.497 e. The predicted octanol–water partition coefficient (Wildman–Crippen LogP) is 2.62. The summed E-state index contributed by atoms with van der Waals surface area (Å²) in [7, 11) is -0.783. The SMILES string of the molecule is COC(=O)Nc1ccc2c(c1)CN(S(=O)(=O)c1ccc(OC)cc1)CC2. The number of hydrogen-bond acceptors (Lipinski definition) is 5. The first kappa shape index (κ1) is 18.2. The van der Waals surface area contributed by atoms with Crippen LogP contribution in [0.25, 0.3) is 0 Å². The van der Waals surface area contributed by atoms with E-state index < -0.39 is 16.1 Å². The third-order valence-corrected chi connectivity index (χ3v) is 6.17. The Bertz CT molecular complexity index is 910. The molecule has 0 radical (unpaired) electrons. The minimum absolute atomic E-state index is 0.227. The van der Waals surface area contributed by atoms with Crippen molar-refractivity contribution in [2.24, 2.45) is 0 Å². The Morgan fingerprint density at radius 2 is 1.81 bits per heavy atom. The minimum atomic E-state index is -3.60. The van der Waals surface area contributed by atoms with Crippen LogP contribution < -0.4 is 10.1 Å². The van der Waals surface area contributed by atoms with Crippen LogP contribution in [0.2, 0.25) is 0 Å². The van der Waals surface area contributed by atoms with Crippen LogP contribution in [0.15, 0.2) is 47.4 Å². The van der Waals surface area contributed by atoms with Gasteiger partial charge in [-0.2, -0.15) is 4.31 Å². The van der Waals surface area contributed by atoms with Gasteiger partial charge in [0.05, 0.1) is 19.1 Å². The summed E-state index contributed by atoms with van der Waals surface area (Å²) in [6.45, 7) is 0.658. The van der Waals surface area contributed by atoms with Gasteiger partial charge in [0.25, 0.3) is 0 Å². The van der Waals surface area contributed by atoms with Gasteiger partial charge in [0.1, 0.15) is 5.75 Å². The van der Waals surface area contributed by atoms with Crippen LogP contribution in [-0.2, 0) is 27.7 Å². The Kier molecular flexibility index (Phi) is 5.15. The summed E-state index contributed by atoms with van der Waals surface area (Å²) in [6.07, 6.45) is 0.0481. The first-order valence-corrected chi connectivity index (χ1v) is 9.49. The van der Waals surface area contributed by atoms with E-state index in [1.54, 1.807) is 36.4 Å². The predicted molar refractivity (Wildman–Crippen MR) is 96.8 cm³/mol. The van der Waals surface area contributed by atoms with E-state index in [9.17, 15) is 13.2 Å². The Labute approximate surface area is 152 Å². The molecule has 3 rings (SSSR count). The molecule has 1 amide bonds. The van der Waals surface area contributed by atoms with Crippen molar-refractivity contribution in [1.29, 1.82) is 0 Å². The quantitative estimate of drug-likeness (QED) is 0.887. The number of nitrogens with zero attached hydrogens (tertiary/aromatic N) is 1. The maximum atomic E-state index is 12.9. The van der Waals surface area contributed by atoms with Crippen molar-refractivity contribution in [3.05, 3.63) is 53.6 Å². The maximum absolute atomic E-state index is 12.9. The molecule has 0 atom stereocenters. The van der Waals surface area contributed by atoms with Gasteiger partial charge in [-0.25, -0.2) is 13.2 Å². The van der Waals surface area contributed by atoms with Gasteiger partial charge < -0.3 is 9.47 Å². The lowest BCUT2D eigenvalue weighted by Crippen LogP contribution is -2.36. The highest BCUT2D eigenvalue weighted by Crippen LogP contribution is 2.27. The molecule has 26 heavy (non-hydrogen) atoms. The topological polar surface area (TPSA) is 84.9 Å². The van der Waals surface area contributed by atoms with Gasteiger partial charge in [-0.3, -0.25) is 5.32 Å². The number of methoxy groups -OCH3 is 2. The van der Waals surface area contributed by atoms with E-state index >= 15 is 0 Å². The molecule has 0 aromatic heterocycles. The highest BCUT2D eigenvalue weighted by molar-refractivity contribution is 7.89. The second-order valence-electron chi connectivity index (χ2n) is 5.86. The summed E-state index contributed by atoms with van der Waals surface area (Å²) >= 11 is 0. The van der Waals surface area contributed by atoms with Crippen LogP contribution in [0.5, 0.6) is 5.75 Å². The molecule has 0 bridgehead atoms. The number of fused-ring (bicyclic) bond motifs is 1. The number of sulfonamides is 1. The summed E-state index contributed by atoms with van der Waals surface area (Å²) in [5, 5.41) is 2.60. The molecule has 0 saturated heterocycles. The van der Waals surface area contributed by atoms with E-state index in [-0.39, 0.29) is 11.4 Å². The lowest BCUT2D eigenvalue weighted by molar-refractivity contribution is 0.187. The standard InChI is InChI=1S/C18H20N2O5S/c1-24-16-5-7-17(8-6-16)26(22,23)20-10-9-13-3-4-15(11-14(13)12-20)19-18(21)25-2/h3-8,11H,9-10,12H2,1-2H3,(H,19,21). The summed E-state index contributed by atoms with van der Waals surface area (Å²) in [4.78, 5) is 11.6. The van der Waals surface area contributed by atoms with E-state index in [2.05, 4.69) is 10.1 Å². The molecule has 1 aliphatic rings. The maximum Gasteiger partial charge on any atom is 0.411 e. The average Bonchev–Trinajstić information content (AvgIpc) is 2.67. The second-order valence-corrected chi connectivity index (χ2v) is 7.80. The number of ether oxygens (including phenoxy) is 2. The average molecular weight is 376 g/mol. The fraction of sp³-hybridized carbons (Fsp3) is 0.278. The number of rotatable bonds is 4. The van der Waals surface area contributed by atoms with Gasteiger partial charge in [0.15, 0.2) is 0 Å². The van der Waals surface area contributed by atoms with Gasteiger partial charge in [-0.1, -0.05) is 6.07 Å². The van der Waals surface area contributed by atoms with Gasteiger partial charge in [0, 0.05) is 18.8 Å². The molecule has 7 nitrogen and oxygen atoms in total. The molecule has 1 heterocycles. The highest BCUT2D eigenvalue weighted by Gasteiger charge is 2.28. The molecule has 8 heteroatoms. The molecular formula is C18H20N2O5S. The lowest BCUT2D eigenvalue weighted by atomic mass is 10.0. The van der Waals surface area contributed by atoms with Gasteiger partial charge in [-0.15, -0.1) is 0 Å². The van der Waals surface area contributed by atoms with Gasteiger partial charge in [0.2, 0.25) is 10.0 Å². The number of benzene rings is 2. The zero-order valence-corrected chi connectivity index (χ0v) is 15.4. The normalized spacial score (nSPS) is 14.4. The van der Waals surface area contributed by atoms with E-state index in [4.69, 9.17) is 4.74 Å². The first-order valence-electron chi connectivity index (χ1n) is 8.05. The zero-order chi connectivity index (χ0) is 18.7. The van der Waals surface area contributed by atoms with Crippen LogP contribution in [0.3, 0.4) is 0 Å². The van der Waals surface area contributed by atoms with Gasteiger partial charge >= 0.3 is 6.09 Å². The number of carbonyl (C=O) groups is 1. The molecule has 2 aromatic carbocycles. The second kappa shape index (κ2) is 7.35. The molecule has 0 fully saturated rings. The Morgan fingerprint density at radius 1 is 1.08 bits per heavy atom. The van der Waals surface area contributed by atoms with Crippen molar-refractivity contribution in [1.82, 2.24) is 4.31 Å². The number of amides is 1. The molecule has 2 aromatic rings. The molecule has 0 unspecified atom stereocenters.